The van der Waals surface area contributed by atoms with Crippen LogP contribution in [0.2, 0.25) is 0 Å². The summed E-state index contributed by atoms with van der Waals surface area (Å²) >= 11 is 0. The third-order valence-electron chi connectivity index (χ3n) is 3.72. The van der Waals surface area contributed by atoms with Gasteiger partial charge in [-0.1, -0.05) is 26.7 Å². The summed E-state index contributed by atoms with van der Waals surface area (Å²) in [4.78, 5) is 22.3. The summed E-state index contributed by atoms with van der Waals surface area (Å²) in [5.74, 6) is -0.349. The largest absolute Gasteiger partial charge is 0.376 e. The Morgan fingerprint density at radius 2 is 2.05 bits per heavy atom. The van der Waals surface area contributed by atoms with Crippen LogP contribution in [-0.2, 0) is 14.3 Å². The maximum absolute atomic E-state index is 11.6. The van der Waals surface area contributed by atoms with Crippen LogP contribution in [0, 0.1) is 11.8 Å². The van der Waals surface area contributed by atoms with Gasteiger partial charge < -0.3 is 15.8 Å². The van der Waals surface area contributed by atoms with Crippen LogP contribution in [0.3, 0.4) is 0 Å². The third kappa shape index (κ3) is 6.05. The van der Waals surface area contributed by atoms with E-state index >= 15 is 0 Å². The van der Waals surface area contributed by atoms with Gasteiger partial charge in [0.05, 0.1) is 12.7 Å². The number of rotatable bonds is 7. The van der Waals surface area contributed by atoms with Crippen LogP contribution in [0.25, 0.3) is 0 Å². The number of primary amides is 1. The molecule has 0 radical (unpaired) electrons. The van der Waals surface area contributed by atoms with Crippen molar-refractivity contribution in [3.63, 3.8) is 0 Å². The number of carbonyl (C=O) groups excluding carboxylic acids is 2. The Balaban J connectivity index is 2.12. The number of hydrogen-bond acceptors (Lipinski definition) is 3. The van der Waals surface area contributed by atoms with Crippen LogP contribution in [-0.4, -0.2) is 31.1 Å². The van der Waals surface area contributed by atoms with Gasteiger partial charge in [0.2, 0.25) is 11.8 Å². The lowest BCUT2D eigenvalue weighted by Gasteiger charge is -2.28. The van der Waals surface area contributed by atoms with Crippen LogP contribution in [0.4, 0.5) is 0 Å². The molecule has 0 heterocycles. The van der Waals surface area contributed by atoms with Gasteiger partial charge in [-0.05, 0) is 18.8 Å². The maximum Gasteiger partial charge on any atom is 0.223 e. The molecule has 19 heavy (non-hydrogen) atoms. The monoisotopic (exact) mass is 270 g/mol. The second kappa shape index (κ2) is 8.15. The predicted octanol–water partition coefficient (Wildman–Crippen LogP) is 1.21. The highest BCUT2D eigenvalue weighted by Crippen LogP contribution is 2.25. The van der Waals surface area contributed by atoms with Gasteiger partial charge in [0.1, 0.15) is 0 Å². The van der Waals surface area contributed by atoms with Crippen molar-refractivity contribution in [2.45, 2.75) is 52.1 Å². The SMILES string of the molecule is CC(CC(N)=O)C(=O)NCCOC1CCCCC1C. The fourth-order valence-corrected chi connectivity index (χ4v) is 2.48. The van der Waals surface area contributed by atoms with E-state index in [9.17, 15) is 9.59 Å². The van der Waals surface area contributed by atoms with E-state index in [4.69, 9.17) is 10.5 Å². The van der Waals surface area contributed by atoms with Crippen molar-refractivity contribution >= 4 is 11.8 Å². The average molecular weight is 270 g/mol. The molecule has 0 aromatic heterocycles. The van der Waals surface area contributed by atoms with Gasteiger partial charge in [-0.3, -0.25) is 9.59 Å². The molecule has 0 aromatic carbocycles. The zero-order valence-corrected chi connectivity index (χ0v) is 12.0. The maximum atomic E-state index is 11.6. The predicted molar refractivity (Wildman–Crippen MR) is 73.4 cm³/mol. The van der Waals surface area contributed by atoms with Gasteiger partial charge in [0, 0.05) is 18.9 Å². The highest BCUT2D eigenvalue weighted by atomic mass is 16.5. The molecule has 5 heteroatoms. The molecule has 1 aliphatic carbocycles. The van der Waals surface area contributed by atoms with E-state index in [1.165, 1.54) is 19.3 Å². The topological polar surface area (TPSA) is 81.4 Å². The number of hydrogen-bond donors (Lipinski definition) is 2. The van der Waals surface area contributed by atoms with E-state index in [0.29, 0.717) is 25.2 Å². The molecular formula is C14H26N2O3. The molecule has 1 aliphatic rings. The lowest BCUT2D eigenvalue weighted by molar-refractivity contribution is -0.128. The number of ether oxygens (including phenoxy) is 1. The van der Waals surface area contributed by atoms with Gasteiger partial charge >= 0.3 is 0 Å². The normalized spacial score (nSPS) is 24.7. The van der Waals surface area contributed by atoms with Gasteiger partial charge in [-0.2, -0.15) is 0 Å². The molecule has 1 saturated carbocycles. The minimum atomic E-state index is -0.449. The van der Waals surface area contributed by atoms with Crippen molar-refractivity contribution in [1.29, 1.82) is 0 Å². The fraction of sp³-hybridized carbons (Fsp3) is 0.857. The summed E-state index contributed by atoms with van der Waals surface area (Å²) in [6, 6.07) is 0. The Morgan fingerprint density at radius 3 is 2.68 bits per heavy atom. The Bertz CT molecular complexity index is 307. The number of nitrogens with two attached hydrogens (primary N) is 1. The molecule has 5 nitrogen and oxygen atoms in total. The van der Waals surface area contributed by atoms with Crippen molar-refractivity contribution < 1.29 is 14.3 Å². The molecule has 110 valence electrons. The van der Waals surface area contributed by atoms with Crippen LogP contribution in [0.5, 0.6) is 0 Å². The molecule has 1 rings (SSSR count). The summed E-state index contributed by atoms with van der Waals surface area (Å²) in [7, 11) is 0. The molecule has 1 fully saturated rings. The summed E-state index contributed by atoms with van der Waals surface area (Å²) < 4.78 is 5.80. The first-order valence-corrected chi connectivity index (χ1v) is 7.18. The molecule has 0 saturated heterocycles. The summed E-state index contributed by atoms with van der Waals surface area (Å²) in [5.41, 5.74) is 5.06. The molecule has 0 bridgehead atoms. The van der Waals surface area contributed by atoms with Gasteiger partial charge in [0.15, 0.2) is 0 Å². The van der Waals surface area contributed by atoms with Crippen molar-refractivity contribution in [2.75, 3.05) is 13.2 Å². The van der Waals surface area contributed by atoms with Crippen molar-refractivity contribution in [2.24, 2.45) is 17.6 Å². The molecule has 0 aromatic rings. The second-order valence-corrected chi connectivity index (χ2v) is 5.53. The molecule has 0 aliphatic heterocycles. The summed E-state index contributed by atoms with van der Waals surface area (Å²) in [6.07, 6.45) is 5.29. The molecule has 2 amide bonds. The smallest absolute Gasteiger partial charge is 0.223 e. The fourth-order valence-electron chi connectivity index (χ4n) is 2.48. The zero-order valence-electron chi connectivity index (χ0n) is 12.0. The standard InChI is InChI=1S/C14H26N2O3/c1-10-5-3-4-6-12(10)19-8-7-16-14(18)11(2)9-13(15)17/h10-12H,3-9H2,1-2H3,(H2,15,17)(H,16,18). The molecule has 0 spiro atoms. The van der Waals surface area contributed by atoms with Crippen LogP contribution in [0.1, 0.15) is 46.0 Å². The van der Waals surface area contributed by atoms with Crippen molar-refractivity contribution in [3.8, 4) is 0 Å². The Hall–Kier alpha value is -1.10. The van der Waals surface area contributed by atoms with E-state index < -0.39 is 5.91 Å². The van der Waals surface area contributed by atoms with Crippen LogP contribution >= 0.6 is 0 Å². The second-order valence-electron chi connectivity index (χ2n) is 5.53. The van der Waals surface area contributed by atoms with Crippen LogP contribution < -0.4 is 11.1 Å². The first kappa shape index (κ1) is 16.0. The summed E-state index contributed by atoms with van der Waals surface area (Å²) in [5, 5.41) is 2.77. The lowest BCUT2D eigenvalue weighted by atomic mass is 9.88. The average Bonchev–Trinajstić information content (AvgIpc) is 2.35. The third-order valence-corrected chi connectivity index (χ3v) is 3.72. The Kier molecular flexibility index (Phi) is 6.84. The molecule has 3 atom stereocenters. The van der Waals surface area contributed by atoms with Gasteiger partial charge in [-0.15, -0.1) is 0 Å². The number of amides is 2. The van der Waals surface area contributed by atoms with E-state index in [2.05, 4.69) is 12.2 Å². The number of nitrogens with one attached hydrogen (secondary N) is 1. The zero-order chi connectivity index (χ0) is 14.3. The van der Waals surface area contributed by atoms with Gasteiger partial charge in [-0.25, -0.2) is 0 Å². The quantitative estimate of drug-likeness (QED) is 0.682. The molecular weight excluding hydrogens is 244 g/mol. The van der Waals surface area contributed by atoms with E-state index in [1.807, 2.05) is 0 Å². The highest BCUT2D eigenvalue weighted by molar-refractivity contribution is 5.84. The van der Waals surface area contributed by atoms with Gasteiger partial charge in [0.25, 0.3) is 0 Å². The van der Waals surface area contributed by atoms with E-state index in [0.717, 1.165) is 6.42 Å². The minimum Gasteiger partial charge on any atom is -0.376 e. The Labute approximate surface area is 115 Å². The molecule has 3 N–H and O–H groups in total. The first-order valence-electron chi connectivity index (χ1n) is 7.18. The van der Waals surface area contributed by atoms with Crippen LogP contribution in [0.15, 0.2) is 0 Å². The lowest BCUT2D eigenvalue weighted by Crippen LogP contribution is -2.35. The Morgan fingerprint density at radius 1 is 1.37 bits per heavy atom. The highest BCUT2D eigenvalue weighted by Gasteiger charge is 2.21. The van der Waals surface area contributed by atoms with E-state index in [1.54, 1.807) is 6.92 Å². The summed E-state index contributed by atoms with van der Waals surface area (Å²) in [6.45, 7) is 4.94. The van der Waals surface area contributed by atoms with Crippen molar-refractivity contribution in [1.82, 2.24) is 5.32 Å². The minimum absolute atomic E-state index is 0.0896. The van der Waals surface area contributed by atoms with E-state index in [-0.39, 0.29) is 18.2 Å². The number of carbonyl (C=O) groups is 2. The first-order chi connectivity index (χ1) is 9.00. The van der Waals surface area contributed by atoms with Crippen molar-refractivity contribution in [3.05, 3.63) is 0 Å². The molecule has 3 unspecified atom stereocenters.